The number of nitrogens with zero attached hydrogens (tertiary/aromatic N) is 3. The van der Waals surface area contributed by atoms with Crippen LogP contribution in [0.5, 0.6) is 0 Å². The summed E-state index contributed by atoms with van der Waals surface area (Å²) < 4.78 is 56.0. The van der Waals surface area contributed by atoms with Gasteiger partial charge in [0, 0.05) is 13.1 Å². The Labute approximate surface area is 134 Å². The number of aromatic nitrogens is 2. The zero-order valence-corrected chi connectivity index (χ0v) is 12.4. The molecule has 1 saturated heterocycles. The molecule has 0 spiro atoms. The second-order valence-corrected chi connectivity index (χ2v) is 5.51. The summed E-state index contributed by atoms with van der Waals surface area (Å²) >= 11 is 0. The molecule has 2 heterocycles. The van der Waals surface area contributed by atoms with Gasteiger partial charge in [-0.2, -0.15) is 13.2 Å². The molecule has 0 radical (unpaired) electrons. The van der Waals surface area contributed by atoms with E-state index in [0.29, 0.717) is 19.4 Å². The summed E-state index contributed by atoms with van der Waals surface area (Å²) in [6, 6.07) is 5.57. The smallest absolute Gasteiger partial charge is 0.417 e. The Morgan fingerprint density at radius 1 is 1.25 bits per heavy atom. The van der Waals surface area contributed by atoms with E-state index in [4.69, 9.17) is 0 Å². The standard InChI is InChI=1S/C15H13F4N3O2/c16-11-6-2-1-5-10(11)13(23)22-7-3-4-9(8-22)12-20-21-14(24-12)15(17,18)19/h1-2,5-6,9H,3-4,7-8H2. The number of rotatable bonds is 2. The number of carbonyl (C=O) groups is 1. The van der Waals surface area contributed by atoms with Crippen molar-refractivity contribution in [2.45, 2.75) is 24.9 Å². The van der Waals surface area contributed by atoms with Crippen molar-refractivity contribution >= 4 is 5.91 Å². The molecule has 0 saturated carbocycles. The third kappa shape index (κ3) is 3.24. The molecule has 1 aromatic carbocycles. The van der Waals surface area contributed by atoms with Crippen molar-refractivity contribution in [3.05, 3.63) is 47.4 Å². The summed E-state index contributed by atoms with van der Waals surface area (Å²) in [4.78, 5) is 13.8. The lowest BCUT2D eigenvalue weighted by Gasteiger charge is -2.31. The van der Waals surface area contributed by atoms with Gasteiger partial charge in [0.05, 0.1) is 11.5 Å². The SMILES string of the molecule is O=C(c1ccccc1F)N1CCCC(c2nnc(C(F)(F)F)o2)C1. The Bertz CT molecular complexity index is 744. The van der Waals surface area contributed by atoms with Gasteiger partial charge in [0.1, 0.15) is 5.82 Å². The quantitative estimate of drug-likeness (QED) is 0.786. The molecule has 1 aliphatic heterocycles. The van der Waals surface area contributed by atoms with Gasteiger partial charge in [0.2, 0.25) is 5.89 Å². The summed E-state index contributed by atoms with van der Waals surface area (Å²) in [6.45, 7) is 0.497. The molecule has 1 atom stereocenters. The van der Waals surface area contributed by atoms with Gasteiger partial charge < -0.3 is 9.32 Å². The van der Waals surface area contributed by atoms with Crippen LogP contribution in [0, 0.1) is 5.82 Å². The molecule has 128 valence electrons. The van der Waals surface area contributed by atoms with Gasteiger partial charge >= 0.3 is 12.1 Å². The van der Waals surface area contributed by atoms with Crippen LogP contribution in [0.4, 0.5) is 17.6 Å². The highest BCUT2D eigenvalue weighted by atomic mass is 19.4. The number of carbonyl (C=O) groups excluding carboxylic acids is 1. The largest absolute Gasteiger partial charge is 0.470 e. The Balaban J connectivity index is 1.76. The molecule has 1 aliphatic rings. The first-order valence-electron chi connectivity index (χ1n) is 7.30. The number of likely N-dealkylation sites (tertiary alicyclic amines) is 1. The Hall–Kier alpha value is -2.45. The summed E-state index contributed by atoms with van der Waals surface area (Å²) in [5, 5.41) is 6.44. The van der Waals surface area contributed by atoms with Gasteiger partial charge in [0.25, 0.3) is 5.91 Å². The van der Waals surface area contributed by atoms with Crippen molar-refractivity contribution in [3.63, 3.8) is 0 Å². The van der Waals surface area contributed by atoms with E-state index < -0.39 is 29.7 Å². The molecule has 1 aromatic heterocycles. The minimum atomic E-state index is -4.71. The first-order valence-corrected chi connectivity index (χ1v) is 7.30. The first-order chi connectivity index (χ1) is 11.4. The van der Waals surface area contributed by atoms with Crippen molar-refractivity contribution in [2.24, 2.45) is 0 Å². The number of halogens is 4. The number of amides is 1. The van der Waals surface area contributed by atoms with Crippen molar-refractivity contribution in [3.8, 4) is 0 Å². The van der Waals surface area contributed by atoms with Crippen LogP contribution in [0.3, 0.4) is 0 Å². The molecular formula is C15H13F4N3O2. The lowest BCUT2D eigenvalue weighted by Crippen LogP contribution is -2.39. The summed E-state index contributed by atoms with van der Waals surface area (Å²) in [6.07, 6.45) is -3.64. The Morgan fingerprint density at radius 3 is 2.67 bits per heavy atom. The van der Waals surface area contributed by atoms with Crippen LogP contribution in [0.1, 0.15) is 40.9 Å². The predicted octanol–water partition coefficient (Wildman–Crippen LogP) is 3.25. The Morgan fingerprint density at radius 2 is 2.00 bits per heavy atom. The summed E-state index contributed by atoms with van der Waals surface area (Å²) in [7, 11) is 0. The zero-order chi connectivity index (χ0) is 17.3. The number of alkyl halides is 3. The second-order valence-electron chi connectivity index (χ2n) is 5.51. The molecule has 9 heteroatoms. The fraction of sp³-hybridized carbons (Fsp3) is 0.400. The van der Waals surface area contributed by atoms with Gasteiger partial charge in [0.15, 0.2) is 0 Å². The molecule has 1 unspecified atom stereocenters. The average Bonchev–Trinajstić information content (AvgIpc) is 3.05. The maximum atomic E-state index is 13.7. The van der Waals surface area contributed by atoms with Gasteiger partial charge in [-0.3, -0.25) is 4.79 Å². The van der Waals surface area contributed by atoms with E-state index >= 15 is 0 Å². The maximum absolute atomic E-state index is 13.7. The third-order valence-electron chi connectivity index (χ3n) is 3.85. The highest BCUT2D eigenvalue weighted by molar-refractivity contribution is 5.94. The highest BCUT2D eigenvalue weighted by Crippen LogP contribution is 2.32. The zero-order valence-electron chi connectivity index (χ0n) is 12.4. The van der Waals surface area contributed by atoms with Gasteiger partial charge in [-0.15, -0.1) is 10.2 Å². The summed E-state index contributed by atoms with van der Waals surface area (Å²) in [5.41, 5.74) is -0.0698. The molecule has 2 aromatic rings. The molecule has 24 heavy (non-hydrogen) atoms. The number of piperidine rings is 1. The molecule has 0 aliphatic carbocycles. The molecular weight excluding hydrogens is 330 g/mol. The lowest BCUT2D eigenvalue weighted by molar-refractivity contribution is -0.157. The minimum Gasteiger partial charge on any atom is -0.417 e. The van der Waals surface area contributed by atoms with Crippen molar-refractivity contribution < 1.29 is 26.8 Å². The monoisotopic (exact) mass is 343 g/mol. The van der Waals surface area contributed by atoms with E-state index in [1.807, 2.05) is 0 Å². The fourth-order valence-electron chi connectivity index (χ4n) is 2.68. The van der Waals surface area contributed by atoms with Crippen LogP contribution in [0.25, 0.3) is 0 Å². The summed E-state index contributed by atoms with van der Waals surface area (Å²) in [5.74, 6) is -3.21. The van der Waals surface area contributed by atoms with Crippen LogP contribution in [-0.4, -0.2) is 34.1 Å². The third-order valence-corrected chi connectivity index (χ3v) is 3.85. The van der Waals surface area contributed by atoms with Crippen LogP contribution >= 0.6 is 0 Å². The highest BCUT2D eigenvalue weighted by Gasteiger charge is 2.39. The van der Waals surface area contributed by atoms with E-state index in [2.05, 4.69) is 14.6 Å². The van der Waals surface area contributed by atoms with E-state index in [1.165, 1.54) is 23.1 Å². The maximum Gasteiger partial charge on any atom is 0.470 e. The normalized spacial score (nSPS) is 18.7. The molecule has 0 N–H and O–H groups in total. The lowest BCUT2D eigenvalue weighted by atomic mass is 9.97. The van der Waals surface area contributed by atoms with Crippen LogP contribution in [0.15, 0.2) is 28.7 Å². The van der Waals surface area contributed by atoms with Gasteiger partial charge in [-0.1, -0.05) is 12.1 Å². The number of hydrogen-bond acceptors (Lipinski definition) is 4. The van der Waals surface area contributed by atoms with Crippen molar-refractivity contribution in [2.75, 3.05) is 13.1 Å². The molecule has 1 amide bonds. The second kappa shape index (κ2) is 6.21. The number of benzene rings is 1. The fourth-order valence-corrected chi connectivity index (χ4v) is 2.68. The minimum absolute atomic E-state index is 0.0698. The van der Waals surface area contributed by atoms with E-state index in [1.54, 1.807) is 6.07 Å². The topological polar surface area (TPSA) is 59.2 Å². The van der Waals surface area contributed by atoms with Crippen molar-refractivity contribution in [1.29, 1.82) is 0 Å². The molecule has 0 bridgehead atoms. The van der Waals surface area contributed by atoms with E-state index in [-0.39, 0.29) is 18.0 Å². The van der Waals surface area contributed by atoms with Gasteiger partial charge in [-0.05, 0) is 25.0 Å². The Kier molecular flexibility index (Phi) is 4.25. The first kappa shape index (κ1) is 16.4. The molecule has 5 nitrogen and oxygen atoms in total. The molecule has 1 fully saturated rings. The van der Waals surface area contributed by atoms with Crippen molar-refractivity contribution in [1.82, 2.24) is 15.1 Å². The predicted molar refractivity (Wildman–Crippen MR) is 73.6 cm³/mol. The van der Waals surface area contributed by atoms with E-state index in [0.717, 1.165) is 0 Å². The molecule has 3 rings (SSSR count). The van der Waals surface area contributed by atoms with Crippen LogP contribution in [0.2, 0.25) is 0 Å². The average molecular weight is 343 g/mol. The van der Waals surface area contributed by atoms with E-state index in [9.17, 15) is 22.4 Å². The van der Waals surface area contributed by atoms with Crippen LogP contribution in [-0.2, 0) is 6.18 Å². The number of hydrogen-bond donors (Lipinski definition) is 0. The van der Waals surface area contributed by atoms with Gasteiger partial charge in [-0.25, -0.2) is 4.39 Å². The van der Waals surface area contributed by atoms with Crippen LogP contribution < -0.4 is 0 Å².